The van der Waals surface area contributed by atoms with Gasteiger partial charge < -0.3 is 9.88 Å². The van der Waals surface area contributed by atoms with Gasteiger partial charge in [-0.2, -0.15) is 5.10 Å². The Morgan fingerprint density at radius 3 is 2.78 bits per heavy atom. The molecule has 0 radical (unpaired) electrons. The van der Waals surface area contributed by atoms with Gasteiger partial charge in [0.25, 0.3) is 0 Å². The number of hydrogen-bond donors (Lipinski definition) is 1. The van der Waals surface area contributed by atoms with Crippen LogP contribution >= 0.6 is 0 Å². The molecule has 1 aliphatic rings. The molecule has 1 aliphatic heterocycles. The van der Waals surface area contributed by atoms with Gasteiger partial charge in [-0.1, -0.05) is 18.2 Å². The number of rotatable bonds is 2. The maximum Gasteiger partial charge on any atom is 0.226 e. The van der Waals surface area contributed by atoms with Gasteiger partial charge in [0, 0.05) is 47.6 Å². The minimum Gasteiger partial charge on any atom is -0.357 e. The Kier molecular flexibility index (Phi) is 3.53. The summed E-state index contributed by atoms with van der Waals surface area (Å²) in [5, 5.41) is 5.86. The van der Waals surface area contributed by atoms with E-state index in [2.05, 4.69) is 51.2 Å². The van der Waals surface area contributed by atoms with Crippen LogP contribution in [0.1, 0.15) is 22.6 Å². The van der Waals surface area contributed by atoms with Crippen molar-refractivity contribution >= 4 is 16.9 Å². The number of fused-ring (bicyclic) bond motifs is 3. The molecule has 136 valence electrons. The number of hydrogen-bond acceptors (Lipinski definition) is 4. The summed E-state index contributed by atoms with van der Waals surface area (Å²) in [7, 11) is 1.97. The molecule has 1 N–H and O–H groups in total. The van der Waals surface area contributed by atoms with Crippen LogP contribution in [0.3, 0.4) is 0 Å². The zero-order valence-electron chi connectivity index (χ0n) is 15.8. The van der Waals surface area contributed by atoms with E-state index in [4.69, 9.17) is 4.98 Å². The smallest absolute Gasteiger partial charge is 0.226 e. The SMILES string of the molecule is Cc1nn(C)c(C)c1-c1ccnc(N2CCc3c([nH]c4ccccc34)C2)n1. The first-order chi connectivity index (χ1) is 13.1. The van der Waals surface area contributed by atoms with Gasteiger partial charge in [0.05, 0.1) is 17.9 Å². The van der Waals surface area contributed by atoms with Gasteiger partial charge in [-0.3, -0.25) is 4.68 Å². The van der Waals surface area contributed by atoms with Gasteiger partial charge in [-0.15, -0.1) is 0 Å². The summed E-state index contributed by atoms with van der Waals surface area (Å²) in [6.45, 7) is 5.83. The van der Waals surface area contributed by atoms with Crippen LogP contribution in [-0.2, 0) is 20.0 Å². The van der Waals surface area contributed by atoms with Crippen molar-refractivity contribution in [2.75, 3.05) is 11.4 Å². The van der Waals surface area contributed by atoms with Crippen molar-refractivity contribution in [3.05, 3.63) is 59.2 Å². The number of nitrogens with zero attached hydrogens (tertiary/aromatic N) is 5. The summed E-state index contributed by atoms with van der Waals surface area (Å²) in [5.41, 5.74) is 8.06. The predicted octanol–water partition coefficient (Wildman–Crippen LogP) is 3.54. The number of aromatic nitrogens is 5. The van der Waals surface area contributed by atoms with E-state index in [1.807, 2.05) is 30.9 Å². The zero-order chi connectivity index (χ0) is 18.5. The molecule has 0 atom stereocenters. The molecule has 0 bridgehead atoms. The summed E-state index contributed by atoms with van der Waals surface area (Å²) in [6.07, 6.45) is 2.85. The molecule has 4 heterocycles. The lowest BCUT2D eigenvalue weighted by Gasteiger charge is -2.27. The fraction of sp³-hybridized carbons (Fsp3) is 0.286. The minimum absolute atomic E-state index is 0.777. The van der Waals surface area contributed by atoms with Crippen molar-refractivity contribution in [3.63, 3.8) is 0 Å². The second-order valence-electron chi connectivity index (χ2n) is 7.21. The van der Waals surface area contributed by atoms with Gasteiger partial charge in [0.2, 0.25) is 5.95 Å². The molecule has 1 aromatic carbocycles. The fourth-order valence-corrected chi connectivity index (χ4v) is 4.15. The van der Waals surface area contributed by atoms with Crippen LogP contribution in [0, 0.1) is 13.8 Å². The quantitative estimate of drug-likeness (QED) is 0.595. The minimum atomic E-state index is 0.777. The van der Waals surface area contributed by atoms with E-state index in [-0.39, 0.29) is 0 Å². The average molecular weight is 358 g/mol. The second kappa shape index (κ2) is 5.94. The first kappa shape index (κ1) is 16.1. The van der Waals surface area contributed by atoms with Crippen molar-refractivity contribution in [1.29, 1.82) is 0 Å². The fourth-order valence-electron chi connectivity index (χ4n) is 4.15. The Morgan fingerprint density at radius 2 is 1.96 bits per heavy atom. The van der Waals surface area contributed by atoms with Gasteiger partial charge in [0.1, 0.15) is 0 Å². The van der Waals surface area contributed by atoms with E-state index in [9.17, 15) is 0 Å². The molecule has 0 saturated heterocycles. The number of aryl methyl sites for hydroxylation is 2. The van der Waals surface area contributed by atoms with Gasteiger partial charge >= 0.3 is 0 Å². The maximum absolute atomic E-state index is 4.88. The van der Waals surface area contributed by atoms with Crippen LogP contribution < -0.4 is 4.90 Å². The van der Waals surface area contributed by atoms with Crippen LogP contribution in [0.4, 0.5) is 5.95 Å². The van der Waals surface area contributed by atoms with Crippen molar-refractivity contribution < 1.29 is 0 Å². The predicted molar refractivity (Wildman–Crippen MR) is 107 cm³/mol. The van der Waals surface area contributed by atoms with E-state index in [0.29, 0.717) is 0 Å². The lowest BCUT2D eigenvalue weighted by atomic mass is 10.0. The first-order valence-corrected chi connectivity index (χ1v) is 9.29. The van der Waals surface area contributed by atoms with Gasteiger partial charge in [0.15, 0.2) is 0 Å². The Labute approximate surface area is 157 Å². The molecule has 0 fully saturated rings. The van der Waals surface area contributed by atoms with Crippen LogP contribution in [0.15, 0.2) is 36.5 Å². The maximum atomic E-state index is 4.88. The highest BCUT2D eigenvalue weighted by Crippen LogP contribution is 2.30. The molecular weight excluding hydrogens is 336 g/mol. The number of anilines is 1. The Hall–Kier alpha value is -3.15. The molecule has 4 aromatic rings. The molecule has 27 heavy (non-hydrogen) atoms. The van der Waals surface area contributed by atoms with Gasteiger partial charge in [-0.05, 0) is 38.0 Å². The summed E-state index contributed by atoms with van der Waals surface area (Å²) in [4.78, 5) is 15.3. The highest BCUT2D eigenvalue weighted by atomic mass is 15.3. The van der Waals surface area contributed by atoms with E-state index < -0.39 is 0 Å². The standard InChI is InChI=1S/C21H22N6/c1-13-20(14(2)26(3)25-13)18-8-10-22-21(24-18)27-11-9-16-15-6-4-5-7-17(15)23-19(16)12-27/h4-8,10,23H,9,11-12H2,1-3H3. The highest BCUT2D eigenvalue weighted by Gasteiger charge is 2.23. The summed E-state index contributed by atoms with van der Waals surface area (Å²) < 4.78 is 1.91. The molecule has 6 nitrogen and oxygen atoms in total. The van der Waals surface area contributed by atoms with Crippen molar-refractivity contribution in [3.8, 4) is 11.3 Å². The van der Waals surface area contributed by atoms with E-state index in [1.54, 1.807) is 0 Å². The number of para-hydroxylation sites is 1. The van der Waals surface area contributed by atoms with Crippen molar-refractivity contribution in [2.45, 2.75) is 26.8 Å². The van der Waals surface area contributed by atoms with E-state index in [0.717, 1.165) is 48.1 Å². The molecule has 0 amide bonds. The number of benzene rings is 1. The van der Waals surface area contributed by atoms with Crippen LogP contribution in [-0.4, -0.2) is 31.3 Å². The van der Waals surface area contributed by atoms with Crippen LogP contribution in [0.5, 0.6) is 0 Å². The molecular formula is C21H22N6. The third-order valence-corrected chi connectivity index (χ3v) is 5.57. The largest absolute Gasteiger partial charge is 0.357 e. The lowest BCUT2D eigenvalue weighted by molar-refractivity contribution is 0.701. The van der Waals surface area contributed by atoms with E-state index in [1.165, 1.54) is 22.2 Å². The topological polar surface area (TPSA) is 62.6 Å². The Morgan fingerprint density at radius 1 is 1.11 bits per heavy atom. The molecule has 0 spiro atoms. The third-order valence-electron chi connectivity index (χ3n) is 5.57. The molecule has 6 heteroatoms. The lowest BCUT2D eigenvalue weighted by Crippen LogP contribution is -2.31. The second-order valence-corrected chi connectivity index (χ2v) is 7.21. The molecule has 0 unspecified atom stereocenters. The Bertz CT molecular complexity index is 1150. The Balaban J connectivity index is 1.51. The summed E-state index contributed by atoms with van der Waals surface area (Å²) >= 11 is 0. The third kappa shape index (κ3) is 2.51. The summed E-state index contributed by atoms with van der Waals surface area (Å²) in [6, 6.07) is 10.5. The summed E-state index contributed by atoms with van der Waals surface area (Å²) in [5.74, 6) is 0.777. The highest BCUT2D eigenvalue weighted by molar-refractivity contribution is 5.85. The first-order valence-electron chi connectivity index (χ1n) is 9.29. The van der Waals surface area contributed by atoms with Gasteiger partial charge in [-0.25, -0.2) is 9.97 Å². The monoisotopic (exact) mass is 358 g/mol. The van der Waals surface area contributed by atoms with Crippen LogP contribution in [0.25, 0.3) is 22.2 Å². The average Bonchev–Trinajstić information content (AvgIpc) is 3.17. The molecule has 3 aromatic heterocycles. The van der Waals surface area contributed by atoms with Crippen molar-refractivity contribution in [1.82, 2.24) is 24.7 Å². The van der Waals surface area contributed by atoms with E-state index >= 15 is 0 Å². The molecule has 0 aliphatic carbocycles. The van der Waals surface area contributed by atoms with Crippen molar-refractivity contribution in [2.24, 2.45) is 7.05 Å². The number of aromatic amines is 1. The normalized spacial score (nSPS) is 14.0. The molecule has 0 saturated carbocycles. The molecule has 5 rings (SSSR count). The zero-order valence-corrected chi connectivity index (χ0v) is 15.8. The van der Waals surface area contributed by atoms with Crippen LogP contribution in [0.2, 0.25) is 0 Å². The number of nitrogens with one attached hydrogen (secondary N) is 1. The number of H-pyrrole nitrogens is 1.